The van der Waals surface area contributed by atoms with Gasteiger partial charge in [-0.15, -0.1) is 4.83 Å². The van der Waals surface area contributed by atoms with Crippen LogP contribution in [0.25, 0.3) is 0 Å². The molecule has 0 spiro atoms. The monoisotopic (exact) mass is 416 g/mol. The van der Waals surface area contributed by atoms with Crippen molar-refractivity contribution >= 4 is 39.1 Å². The lowest BCUT2D eigenvalue weighted by Crippen LogP contribution is -2.41. The molecule has 0 aliphatic heterocycles. The molecular weight excluding hydrogens is 399 g/mol. The number of rotatable bonds is 6. The summed E-state index contributed by atoms with van der Waals surface area (Å²) in [5.41, 5.74) is 3.24. The fourth-order valence-corrected chi connectivity index (χ4v) is 4.29. The third kappa shape index (κ3) is 4.48. The highest BCUT2D eigenvalue weighted by Gasteiger charge is 2.24. The summed E-state index contributed by atoms with van der Waals surface area (Å²) in [7, 11) is -4.11. The van der Waals surface area contributed by atoms with Crippen molar-refractivity contribution in [3.8, 4) is 5.75 Å². The van der Waals surface area contributed by atoms with E-state index in [1.54, 1.807) is 25.1 Å². The fraction of sp³-hybridized carbons (Fsp3) is 0.235. The number of halogens is 2. The second-order valence-electron chi connectivity index (χ2n) is 5.46. The van der Waals surface area contributed by atoms with Crippen LogP contribution >= 0.6 is 23.2 Å². The molecule has 2 N–H and O–H groups in total. The lowest BCUT2D eigenvalue weighted by atomic mass is 10.2. The average Bonchev–Trinajstić information content (AvgIpc) is 2.59. The van der Waals surface area contributed by atoms with E-state index < -0.39 is 15.9 Å². The lowest BCUT2D eigenvalue weighted by molar-refractivity contribution is 0.0945. The summed E-state index contributed by atoms with van der Waals surface area (Å²) < 4.78 is 30.4. The largest absolute Gasteiger partial charge is 0.494 e. The fourth-order valence-electron chi connectivity index (χ4n) is 2.24. The molecule has 0 heterocycles. The number of aryl methyl sites for hydroxylation is 1. The van der Waals surface area contributed by atoms with Crippen LogP contribution in [-0.2, 0) is 10.0 Å². The number of carbonyl (C=O) groups is 1. The van der Waals surface area contributed by atoms with Gasteiger partial charge in [-0.3, -0.25) is 10.2 Å². The predicted molar refractivity (Wildman–Crippen MR) is 101 cm³/mol. The van der Waals surface area contributed by atoms with Crippen molar-refractivity contribution in [3.05, 3.63) is 57.1 Å². The summed E-state index contributed by atoms with van der Waals surface area (Å²) in [5.74, 6) is -0.00871. The minimum atomic E-state index is -4.11. The van der Waals surface area contributed by atoms with Crippen LogP contribution in [0.2, 0.25) is 10.0 Å². The molecule has 0 aromatic heterocycles. The Morgan fingerprint density at radius 1 is 1.15 bits per heavy atom. The van der Waals surface area contributed by atoms with Crippen molar-refractivity contribution in [1.82, 2.24) is 10.3 Å². The first-order valence-corrected chi connectivity index (χ1v) is 9.91. The van der Waals surface area contributed by atoms with Gasteiger partial charge in [0.1, 0.15) is 10.6 Å². The molecule has 2 aromatic carbocycles. The van der Waals surface area contributed by atoms with Crippen molar-refractivity contribution in [2.24, 2.45) is 0 Å². The Labute approximate surface area is 162 Å². The number of hydrogen-bond donors (Lipinski definition) is 2. The lowest BCUT2D eigenvalue weighted by Gasteiger charge is -2.14. The molecule has 0 bridgehead atoms. The van der Waals surface area contributed by atoms with Crippen LogP contribution in [0, 0.1) is 13.8 Å². The maximum atomic E-state index is 12.6. The molecule has 0 radical (unpaired) electrons. The van der Waals surface area contributed by atoms with Crippen molar-refractivity contribution in [2.75, 3.05) is 6.61 Å². The van der Waals surface area contributed by atoms with Crippen molar-refractivity contribution in [3.63, 3.8) is 0 Å². The number of hydrazine groups is 1. The van der Waals surface area contributed by atoms with Crippen LogP contribution in [0.1, 0.15) is 28.4 Å². The van der Waals surface area contributed by atoms with Crippen LogP contribution in [-0.4, -0.2) is 20.9 Å². The van der Waals surface area contributed by atoms with Gasteiger partial charge in [-0.25, -0.2) is 8.42 Å². The van der Waals surface area contributed by atoms with E-state index in [0.29, 0.717) is 23.5 Å². The Bertz CT molecular complexity index is 903. The van der Waals surface area contributed by atoms with Crippen molar-refractivity contribution < 1.29 is 17.9 Å². The molecule has 6 nitrogen and oxygen atoms in total. The van der Waals surface area contributed by atoms with E-state index in [1.807, 2.05) is 11.8 Å². The Morgan fingerprint density at radius 2 is 1.77 bits per heavy atom. The highest BCUT2D eigenvalue weighted by atomic mass is 35.5. The van der Waals surface area contributed by atoms with Crippen molar-refractivity contribution in [2.45, 2.75) is 25.7 Å². The molecule has 140 valence electrons. The zero-order valence-electron chi connectivity index (χ0n) is 14.4. The van der Waals surface area contributed by atoms with E-state index in [-0.39, 0.29) is 20.5 Å². The van der Waals surface area contributed by atoms with Gasteiger partial charge in [-0.2, -0.15) is 0 Å². The first-order valence-electron chi connectivity index (χ1n) is 7.67. The summed E-state index contributed by atoms with van der Waals surface area (Å²) >= 11 is 12.2. The smallest absolute Gasteiger partial charge is 0.266 e. The molecule has 1 amide bonds. The molecule has 0 aliphatic rings. The van der Waals surface area contributed by atoms with Crippen LogP contribution < -0.4 is 15.0 Å². The third-order valence-corrected chi connectivity index (χ3v) is 5.99. The van der Waals surface area contributed by atoms with E-state index in [2.05, 4.69) is 5.43 Å². The Balaban J connectivity index is 2.19. The van der Waals surface area contributed by atoms with Gasteiger partial charge >= 0.3 is 0 Å². The zero-order chi connectivity index (χ0) is 19.5. The van der Waals surface area contributed by atoms with E-state index >= 15 is 0 Å². The molecule has 2 rings (SSSR count). The molecule has 0 saturated heterocycles. The Morgan fingerprint density at radius 3 is 2.35 bits per heavy atom. The predicted octanol–water partition coefficient (Wildman–Crippen LogP) is 3.63. The summed E-state index contributed by atoms with van der Waals surface area (Å²) in [6.45, 7) is 5.53. The van der Waals surface area contributed by atoms with Crippen LogP contribution in [0.4, 0.5) is 0 Å². The number of ether oxygens (including phenoxy) is 1. The van der Waals surface area contributed by atoms with Gasteiger partial charge in [0.2, 0.25) is 0 Å². The normalized spacial score (nSPS) is 11.3. The first kappa shape index (κ1) is 20.5. The number of hydrogen-bond acceptors (Lipinski definition) is 4. The highest BCUT2D eigenvalue weighted by molar-refractivity contribution is 7.89. The van der Waals surface area contributed by atoms with E-state index in [0.717, 1.165) is 0 Å². The summed E-state index contributed by atoms with van der Waals surface area (Å²) in [4.78, 5) is 14.0. The van der Waals surface area contributed by atoms with Gasteiger partial charge in [0, 0.05) is 10.6 Å². The second kappa shape index (κ2) is 8.26. The quantitative estimate of drug-likeness (QED) is 0.703. The van der Waals surface area contributed by atoms with E-state index in [9.17, 15) is 13.2 Å². The number of carbonyl (C=O) groups excluding carboxylic acids is 1. The minimum Gasteiger partial charge on any atom is -0.494 e. The molecule has 26 heavy (non-hydrogen) atoms. The summed E-state index contributed by atoms with van der Waals surface area (Å²) in [6.07, 6.45) is 0. The molecule has 9 heteroatoms. The number of amides is 1. The summed E-state index contributed by atoms with van der Waals surface area (Å²) in [5, 5.41) is 0.319. The topological polar surface area (TPSA) is 84.5 Å². The molecular formula is C17H18Cl2N2O4S. The van der Waals surface area contributed by atoms with Crippen LogP contribution in [0.15, 0.2) is 35.2 Å². The van der Waals surface area contributed by atoms with Gasteiger partial charge in [0.15, 0.2) is 0 Å². The summed E-state index contributed by atoms with van der Waals surface area (Å²) in [6, 6.07) is 7.87. The number of benzene rings is 2. The van der Waals surface area contributed by atoms with Gasteiger partial charge in [0.25, 0.3) is 15.9 Å². The third-order valence-electron chi connectivity index (χ3n) is 3.58. The second-order valence-corrected chi connectivity index (χ2v) is 7.86. The average molecular weight is 417 g/mol. The Hall–Kier alpha value is -1.80. The van der Waals surface area contributed by atoms with Crippen LogP contribution in [0.5, 0.6) is 5.75 Å². The number of sulfonamides is 1. The maximum absolute atomic E-state index is 12.6. The standard InChI is InChI=1S/C17H18Cl2N2O4S/c1-4-25-13-7-5-12(6-8-13)17(22)20-21-26(23,24)16-11(3)14(18)9-10(2)15(16)19/h5-9,21H,4H2,1-3H3,(H,20,22). The SMILES string of the molecule is CCOc1ccc(C(=O)NNS(=O)(=O)c2c(C)c(Cl)cc(C)c2Cl)cc1. The van der Waals surface area contributed by atoms with Gasteiger partial charge < -0.3 is 4.74 Å². The van der Waals surface area contributed by atoms with E-state index in [4.69, 9.17) is 27.9 Å². The first-order chi connectivity index (χ1) is 12.2. The molecule has 0 fully saturated rings. The molecule has 0 aliphatic carbocycles. The minimum absolute atomic E-state index is 0.0507. The molecule has 0 saturated carbocycles. The van der Waals surface area contributed by atoms with E-state index in [1.165, 1.54) is 19.1 Å². The molecule has 2 aromatic rings. The van der Waals surface area contributed by atoms with Crippen molar-refractivity contribution in [1.29, 1.82) is 0 Å². The Kier molecular flexibility index (Phi) is 6.52. The zero-order valence-corrected chi connectivity index (χ0v) is 16.7. The van der Waals surface area contributed by atoms with Gasteiger partial charge in [0.05, 0.1) is 11.6 Å². The molecule has 0 atom stereocenters. The van der Waals surface area contributed by atoms with Crippen LogP contribution in [0.3, 0.4) is 0 Å². The molecule has 0 unspecified atom stereocenters. The highest BCUT2D eigenvalue weighted by Crippen LogP contribution is 2.33. The van der Waals surface area contributed by atoms with Gasteiger partial charge in [-0.05, 0) is 62.2 Å². The van der Waals surface area contributed by atoms with Gasteiger partial charge in [-0.1, -0.05) is 23.2 Å². The number of nitrogens with one attached hydrogen (secondary N) is 2. The maximum Gasteiger partial charge on any atom is 0.266 e.